The maximum Gasteiger partial charge on any atom is 0.229 e. The van der Waals surface area contributed by atoms with Crippen LogP contribution in [0.2, 0.25) is 5.15 Å². The number of fused-ring (bicyclic) bond motifs is 1. The highest BCUT2D eigenvalue weighted by Crippen LogP contribution is 2.32. The molecule has 34 heavy (non-hydrogen) atoms. The van der Waals surface area contributed by atoms with Crippen LogP contribution < -0.4 is 10.2 Å². The number of ketones is 1. The molecule has 2 N–H and O–H groups in total. The summed E-state index contributed by atoms with van der Waals surface area (Å²) in [5.74, 6) is 0.385. The molecule has 1 saturated heterocycles. The number of hydrogen-bond donors (Lipinski definition) is 2. The molecule has 4 aromatic rings. The number of nitrogens with zero attached hydrogens (tertiary/aromatic N) is 4. The van der Waals surface area contributed by atoms with Crippen molar-refractivity contribution in [2.24, 2.45) is 0 Å². The van der Waals surface area contributed by atoms with Crippen LogP contribution >= 0.6 is 11.6 Å². The Morgan fingerprint density at radius 1 is 1.12 bits per heavy atom. The molecule has 2 aromatic heterocycles. The van der Waals surface area contributed by atoms with E-state index in [9.17, 15) is 4.79 Å². The van der Waals surface area contributed by atoms with Gasteiger partial charge < -0.3 is 10.2 Å². The van der Waals surface area contributed by atoms with E-state index in [0.29, 0.717) is 27.8 Å². The zero-order chi connectivity index (χ0) is 23.5. The molecule has 0 radical (unpaired) electrons. The van der Waals surface area contributed by atoms with Crippen LogP contribution in [0.25, 0.3) is 22.3 Å². The van der Waals surface area contributed by atoms with Gasteiger partial charge in [0.1, 0.15) is 5.15 Å². The molecule has 5 rings (SSSR count). The van der Waals surface area contributed by atoms with Crippen molar-refractivity contribution in [3.63, 3.8) is 0 Å². The van der Waals surface area contributed by atoms with Gasteiger partial charge in [0.2, 0.25) is 5.95 Å². The lowest BCUT2D eigenvalue weighted by atomic mass is 10.0. The number of nitrogens with one attached hydrogen (secondary N) is 2. The van der Waals surface area contributed by atoms with Crippen LogP contribution in [-0.2, 0) is 11.2 Å². The number of allylic oxidation sites excluding steroid dienone is 1. The number of carbonyl (C=O) groups is 1. The average molecular weight is 473 g/mol. The van der Waals surface area contributed by atoms with E-state index in [1.165, 1.54) is 31.0 Å². The number of hydrogen-bond acceptors (Lipinski definition) is 6. The fourth-order valence-electron chi connectivity index (χ4n) is 4.32. The van der Waals surface area contributed by atoms with Crippen molar-refractivity contribution < 1.29 is 4.79 Å². The minimum Gasteiger partial charge on any atom is -0.371 e. The lowest BCUT2D eigenvalue weighted by Gasteiger charge is -2.29. The summed E-state index contributed by atoms with van der Waals surface area (Å²) in [6.07, 6.45) is 5.35. The lowest BCUT2D eigenvalue weighted by molar-refractivity contribution is -0.114. The predicted octanol–water partition coefficient (Wildman–Crippen LogP) is 5.70. The zero-order valence-corrected chi connectivity index (χ0v) is 19.5. The molecule has 0 bridgehead atoms. The Bertz CT molecular complexity index is 1360. The number of piperidine rings is 1. The summed E-state index contributed by atoms with van der Waals surface area (Å²) in [6.45, 7) is 5.71. The molecule has 0 unspecified atom stereocenters. The van der Waals surface area contributed by atoms with Crippen molar-refractivity contribution in [1.29, 1.82) is 0 Å². The summed E-state index contributed by atoms with van der Waals surface area (Å²) in [7, 11) is 0. The monoisotopic (exact) mass is 472 g/mol. The summed E-state index contributed by atoms with van der Waals surface area (Å²) in [6, 6.07) is 16.0. The minimum absolute atomic E-state index is 0.0396. The molecule has 0 amide bonds. The minimum atomic E-state index is -0.0396. The third-order valence-electron chi connectivity index (χ3n) is 6.00. The van der Waals surface area contributed by atoms with Gasteiger partial charge in [-0.15, -0.1) is 0 Å². The van der Waals surface area contributed by atoms with Gasteiger partial charge in [0.25, 0.3) is 0 Å². The van der Waals surface area contributed by atoms with E-state index in [1.54, 1.807) is 0 Å². The summed E-state index contributed by atoms with van der Waals surface area (Å²) < 4.78 is 0. The topological polar surface area (TPSA) is 86.8 Å². The Hall–Kier alpha value is -3.71. The van der Waals surface area contributed by atoms with Crippen LogP contribution in [0.1, 0.15) is 24.8 Å². The van der Waals surface area contributed by atoms with Gasteiger partial charge >= 0.3 is 0 Å². The first-order valence-electron chi connectivity index (χ1n) is 11.4. The molecular formula is C26H25ClN6O. The number of halogens is 1. The number of H-pyrrole nitrogens is 1. The Labute approximate surface area is 202 Å². The lowest BCUT2D eigenvalue weighted by Crippen LogP contribution is -2.29. The maximum absolute atomic E-state index is 11.9. The molecule has 0 atom stereocenters. The fourth-order valence-corrected chi connectivity index (χ4v) is 4.53. The Balaban J connectivity index is 1.50. The van der Waals surface area contributed by atoms with E-state index in [2.05, 4.69) is 44.1 Å². The van der Waals surface area contributed by atoms with Gasteiger partial charge in [-0.25, -0.2) is 4.98 Å². The van der Waals surface area contributed by atoms with Crippen LogP contribution in [0.5, 0.6) is 0 Å². The van der Waals surface area contributed by atoms with Crippen molar-refractivity contribution in [3.8, 4) is 11.3 Å². The number of rotatable bonds is 7. The summed E-state index contributed by atoms with van der Waals surface area (Å²) >= 11 is 6.40. The second-order valence-corrected chi connectivity index (χ2v) is 8.78. The highest BCUT2D eigenvalue weighted by atomic mass is 35.5. The van der Waals surface area contributed by atoms with Gasteiger partial charge in [-0.1, -0.05) is 42.4 Å². The zero-order valence-electron chi connectivity index (χ0n) is 18.7. The first kappa shape index (κ1) is 22.1. The third-order valence-corrected chi connectivity index (χ3v) is 6.27. The van der Waals surface area contributed by atoms with Gasteiger partial charge in [-0.3, -0.25) is 9.89 Å². The number of carbonyl (C=O) groups excluding carboxylic acids is 1. The van der Waals surface area contributed by atoms with E-state index in [1.807, 2.05) is 36.4 Å². The highest BCUT2D eigenvalue weighted by Gasteiger charge is 2.17. The van der Waals surface area contributed by atoms with E-state index >= 15 is 0 Å². The first-order chi connectivity index (χ1) is 16.6. The smallest absolute Gasteiger partial charge is 0.229 e. The first-order valence-corrected chi connectivity index (χ1v) is 11.8. The number of anilines is 3. The van der Waals surface area contributed by atoms with Crippen molar-refractivity contribution >= 4 is 45.7 Å². The molecule has 3 heterocycles. The van der Waals surface area contributed by atoms with Crippen molar-refractivity contribution in [1.82, 2.24) is 20.2 Å². The van der Waals surface area contributed by atoms with Crippen LogP contribution in [-0.4, -0.2) is 39.0 Å². The third kappa shape index (κ3) is 4.65. The molecule has 2 aromatic carbocycles. The predicted molar refractivity (Wildman–Crippen MR) is 137 cm³/mol. The highest BCUT2D eigenvalue weighted by molar-refractivity contribution is 6.35. The second kappa shape index (κ2) is 9.65. The van der Waals surface area contributed by atoms with Gasteiger partial charge in [0.05, 0.1) is 11.1 Å². The quantitative estimate of drug-likeness (QED) is 0.335. The van der Waals surface area contributed by atoms with E-state index in [0.717, 1.165) is 29.9 Å². The molecule has 1 aliphatic heterocycles. The van der Waals surface area contributed by atoms with Crippen molar-refractivity contribution in [3.05, 3.63) is 71.9 Å². The van der Waals surface area contributed by atoms with Gasteiger partial charge in [0.15, 0.2) is 11.4 Å². The van der Waals surface area contributed by atoms with Gasteiger partial charge in [-0.2, -0.15) is 10.1 Å². The molecule has 172 valence electrons. The van der Waals surface area contributed by atoms with Crippen LogP contribution in [0.3, 0.4) is 0 Å². The molecule has 1 aliphatic rings. The number of benzene rings is 2. The summed E-state index contributed by atoms with van der Waals surface area (Å²) in [5.41, 5.74) is 4.91. The molecule has 8 heteroatoms. The van der Waals surface area contributed by atoms with Crippen LogP contribution in [0.15, 0.2) is 61.2 Å². The molecular weight excluding hydrogens is 448 g/mol. The largest absolute Gasteiger partial charge is 0.371 e. The normalized spacial score (nSPS) is 13.7. The molecule has 0 aliphatic carbocycles. The Morgan fingerprint density at radius 3 is 2.76 bits per heavy atom. The Morgan fingerprint density at radius 2 is 1.94 bits per heavy atom. The SMILES string of the molecule is C=CC(=O)Cc1cccc(-c2nc(Nc3cccc(N4CCCCC4)c3)nc3n[nH]c(Cl)c23)c1. The molecule has 0 saturated carbocycles. The molecule has 1 fully saturated rings. The average Bonchev–Trinajstić information content (AvgIpc) is 3.25. The fraction of sp³-hybridized carbons (Fsp3) is 0.231. The Kier molecular flexibility index (Phi) is 6.27. The van der Waals surface area contributed by atoms with E-state index < -0.39 is 0 Å². The molecule has 0 spiro atoms. The second-order valence-electron chi connectivity index (χ2n) is 8.40. The standard InChI is InChI=1S/C26H25ClN6O/c1-2-21(34)15-17-8-6-9-18(14-17)23-22-24(27)31-32-25(22)30-26(29-23)28-19-10-7-11-20(16-19)33-12-4-3-5-13-33/h2,6-11,14,16H,1,3-5,12-13,15H2,(H2,28,29,30,31,32). The van der Waals surface area contributed by atoms with Gasteiger partial charge in [0, 0.05) is 36.4 Å². The van der Waals surface area contributed by atoms with E-state index in [-0.39, 0.29) is 12.2 Å². The summed E-state index contributed by atoms with van der Waals surface area (Å²) in [4.78, 5) is 23.6. The number of aromatic amines is 1. The van der Waals surface area contributed by atoms with Gasteiger partial charge in [-0.05, 0) is 55.2 Å². The van der Waals surface area contributed by atoms with E-state index in [4.69, 9.17) is 16.6 Å². The number of aromatic nitrogens is 4. The summed E-state index contributed by atoms with van der Waals surface area (Å²) in [5, 5.41) is 11.4. The molecule has 7 nitrogen and oxygen atoms in total. The maximum atomic E-state index is 11.9. The van der Waals surface area contributed by atoms with Crippen LogP contribution in [0.4, 0.5) is 17.3 Å². The van der Waals surface area contributed by atoms with Crippen molar-refractivity contribution in [2.45, 2.75) is 25.7 Å². The van der Waals surface area contributed by atoms with Crippen molar-refractivity contribution in [2.75, 3.05) is 23.3 Å². The van der Waals surface area contributed by atoms with Crippen LogP contribution in [0, 0.1) is 0 Å².